The quantitative estimate of drug-likeness (QED) is 0.559. The van der Waals surface area contributed by atoms with E-state index in [-0.39, 0.29) is 0 Å². The summed E-state index contributed by atoms with van der Waals surface area (Å²) in [4.78, 5) is 4.43. The van der Waals surface area contributed by atoms with Gasteiger partial charge in [0.15, 0.2) is 5.82 Å². The average Bonchev–Trinajstić information content (AvgIpc) is 3.00. The molecule has 0 amide bonds. The lowest BCUT2D eigenvalue weighted by Gasteiger charge is -2.11. The zero-order valence-electron chi connectivity index (χ0n) is 13.5. The Morgan fingerprint density at radius 2 is 2.09 bits per heavy atom. The van der Waals surface area contributed by atoms with Crippen LogP contribution in [0.5, 0.6) is 0 Å². The molecule has 0 spiro atoms. The molecule has 1 unspecified atom stereocenters. The van der Waals surface area contributed by atoms with E-state index in [2.05, 4.69) is 35.9 Å². The van der Waals surface area contributed by atoms with Crippen LogP contribution in [0.15, 0.2) is 41.4 Å². The van der Waals surface area contributed by atoms with Crippen LogP contribution in [0.4, 0.5) is 0 Å². The maximum atomic E-state index is 5.31. The van der Waals surface area contributed by atoms with Gasteiger partial charge in [-0.25, -0.2) is 0 Å². The van der Waals surface area contributed by atoms with Crippen molar-refractivity contribution in [1.29, 1.82) is 0 Å². The third-order valence-electron chi connectivity index (χ3n) is 3.86. The molecule has 0 saturated heterocycles. The number of benzene rings is 1. The zero-order valence-corrected chi connectivity index (χ0v) is 13.5. The van der Waals surface area contributed by atoms with Crippen LogP contribution in [-0.4, -0.2) is 16.7 Å². The maximum Gasteiger partial charge on any atom is 0.257 e. The maximum absolute atomic E-state index is 5.31. The summed E-state index contributed by atoms with van der Waals surface area (Å²) < 4.78 is 5.31. The Labute approximate surface area is 132 Å². The number of aryl methyl sites for hydroxylation is 1. The fraction of sp³-hybridized carbons (Fsp3) is 0.444. The van der Waals surface area contributed by atoms with Gasteiger partial charge in [0, 0.05) is 5.56 Å². The molecule has 0 bridgehead atoms. The minimum atomic E-state index is 0.579. The number of allylic oxidation sites excluding steroid dienone is 1. The van der Waals surface area contributed by atoms with Crippen LogP contribution in [-0.2, 0) is 6.54 Å². The Morgan fingerprint density at radius 1 is 1.32 bits per heavy atom. The molecule has 0 aliphatic carbocycles. The highest BCUT2D eigenvalue weighted by Crippen LogP contribution is 2.17. The highest BCUT2D eigenvalue weighted by atomic mass is 16.5. The van der Waals surface area contributed by atoms with Gasteiger partial charge < -0.3 is 9.84 Å². The van der Waals surface area contributed by atoms with Crippen molar-refractivity contribution < 1.29 is 4.52 Å². The van der Waals surface area contributed by atoms with Gasteiger partial charge in [0.05, 0.1) is 6.54 Å². The highest BCUT2D eigenvalue weighted by molar-refractivity contribution is 5.53. The Morgan fingerprint density at radius 3 is 2.77 bits per heavy atom. The van der Waals surface area contributed by atoms with Crippen LogP contribution < -0.4 is 5.32 Å². The third kappa shape index (κ3) is 4.81. The van der Waals surface area contributed by atoms with E-state index < -0.39 is 0 Å². The molecule has 0 radical (unpaired) electrons. The van der Waals surface area contributed by atoms with Crippen molar-refractivity contribution in [2.75, 3.05) is 6.54 Å². The van der Waals surface area contributed by atoms with Crippen LogP contribution in [0, 0.1) is 12.8 Å². The second kappa shape index (κ2) is 8.49. The van der Waals surface area contributed by atoms with E-state index in [1.807, 2.05) is 30.3 Å². The highest BCUT2D eigenvalue weighted by Gasteiger charge is 2.09. The SMILES string of the molecule is C=CCC(CC)CCNCc1noc(-c2ccc(C)cc2)n1. The molecule has 118 valence electrons. The number of hydrogen-bond donors (Lipinski definition) is 1. The fourth-order valence-corrected chi connectivity index (χ4v) is 2.37. The van der Waals surface area contributed by atoms with Crippen LogP contribution in [0.25, 0.3) is 11.5 Å². The molecule has 1 aromatic heterocycles. The van der Waals surface area contributed by atoms with E-state index in [1.165, 1.54) is 12.0 Å². The molecule has 22 heavy (non-hydrogen) atoms. The van der Waals surface area contributed by atoms with Crippen molar-refractivity contribution in [3.05, 3.63) is 48.3 Å². The van der Waals surface area contributed by atoms with E-state index in [0.717, 1.165) is 24.9 Å². The summed E-state index contributed by atoms with van der Waals surface area (Å²) in [6.07, 6.45) is 5.41. The molecule has 0 aliphatic heterocycles. The van der Waals surface area contributed by atoms with Gasteiger partial charge in [0.2, 0.25) is 0 Å². The lowest BCUT2D eigenvalue weighted by atomic mass is 9.99. The Bertz CT molecular complexity index is 574. The fourth-order valence-electron chi connectivity index (χ4n) is 2.37. The molecule has 0 saturated carbocycles. The summed E-state index contributed by atoms with van der Waals surface area (Å²) >= 11 is 0. The van der Waals surface area contributed by atoms with Crippen LogP contribution >= 0.6 is 0 Å². The predicted octanol–water partition coefficient (Wildman–Crippen LogP) is 4.13. The van der Waals surface area contributed by atoms with Gasteiger partial charge >= 0.3 is 0 Å². The second-order valence-electron chi connectivity index (χ2n) is 5.65. The van der Waals surface area contributed by atoms with E-state index in [4.69, 9.17) is 4.52 Å². The Hall–Kier alpha value is -1.94. The minimum Gasteiger partial charge on any atom is -0.334 e. The average molecular weight is 299 g/mol. The van der Waals surface area contributed by atoms with Crippen LogP contribution in [0.3, 0.4) is 0 Å². The first-order valence-corrected chi connectivity index (χ1v) is 7.94. The molecule has 2 aromatic rings. The number of nitrogens with one attached hydrogen (secondary N) is 1. The molecule has 1 atom stereocenters. The predicted molar refractivity (Wildman–Crippen MR) is 89.4 cm³/mol. The molecular weight excluding hydrogens is 274 g/mol. The molecular formula is C18H25N3O. The molecule has 2 rings (SSSR count). The first-order valence-electron chi connectivity index (χ1n) is 7.94. The van der Waals surface area contributed by atoms with Crippen LogP contribution in [0.2, 0.25) is 0 Å². The second-order valence-corrected chi connectivity index (χ2v) is 5.65. The van der Waals surface area contributed by atoms with Crippen molar-refractivity contribution in [2.24, 2.45) is 5.92 Å². The molecule has 1 aromatic carbocycles. The molecule has 4 nitrogen and oxygen atoms in total. The zero-order chi connectivity index (χ0) is 15.8. The van der Waals surface area contributed by atoms with E-state index >= 15 is 0 Å². The summed E-state index contributed by atoms with van der Waals surface area (Å²) in [5.41, 5.74) is 2.18. The van der Waals surface area contributed by atoms with E-state index in [0.29, 0.717) is 24.2 Å². The number of rotatable bonds is 9. The summed E-state index contributed by atoms with van der Waals surface area (Å²) in [6, 6.07) is 8.09. The van der Waals surface area contributed by atoms with Crippen molar-refractivity contribution >= 4 is 0 Å². The van der Waals surface area contributed by atoms with Gasteiger partial charge in [0.25, 0.3) is 5.89 Å². The first-order chi connectivity index (χ1) is 10.7. The topological polar surface area (TPSA) is 51.0 Å². The number of aromatic nitrogens is 2. The lowest BCUT2D eigenvalue weighted by Crippen LogP contribution is -2.18. The normalized spacial score (nSPS) is 12.3. The van der Waals surface area contributed by atoms with Crippen molar-refractivity contribution in [2.45, 2.75) is 39.7 Å². The minimum absolute atomic E-state index is 0.579. The number of hydrogen-bond acceptors (Lipinski definition) is 4. The van der Waals surface area contributed by atoms with Gasteiger partial charge in [-0.15, -0.1) is 6.58 Å². The van der Waals surface area contributed by atoms with Crippen molar-refractivity contribution in [3.8, 4) is 11.5 Å². The summed E-state index contributed by atoms with van der Waals surface area (Å²) in [5.74, 6) is 1.99. The molecule has 0 aliphatic rings. The molecule has 1 N–H and O–H groups in total. The van der Waals surface area contributed by atoms with E-state index in [9.17, 15) is 0 Å². The van der Waals surface area contributed by atoms with E-state index in [1.54, 1.807) is 0 Å². The van der Waals surface area contributed by atoms with Gasteiger partial charge in [-0.1, -0.05) is 42.3 Å². The van der Waals surface area contributed by atoms with Crippen LogP contribution in [0.1, 0.15) is 37.6 Å². The lowest BCUT2D eigenvalue weighted by molar-refractivity contribution is 0.415. The number of nitrogens with zero attached hydrogens (tertiary/aromatic N) is 2. The molecule has 4 heteroatoms. The Kier molecular flexibility index (Phi) is 6.34. The smallest absolute Gasteiger partial charge is 0.257 e. The first kappa shape index (κ1) is 16.4. The molecule has 0 fully saturated rings. The largest absolute Gasteiger partial charge is 0.334 e. The monoisotopic (exact) mass is 299 g/mol. The van der Waals surface area contributed by atoms with Gasteiger partial charge in [-0.3, -0.25) is 0 Å². The third-order valence-corrected chi connectivity index (χ3v) is 3.86. The van der Waals surface area contributed by atoms with Crippen molar-refractivity contribution in [1.82, 2.24) is 15.5 Å². The van der Waals surface area contributed by atoms with Gasteiger partial charge in [0.1, 0.15) is 0 Å². The summed E-state index contributed by atoms with van der Waals surface area (Å²) in [6.45, 7) is 9.69. The summed E-state index contributed by atoms with van der Waals surface area (Å²) in [5, 5.41) is 7.40. The molecule has 1 heterocycles. The van der Waals surface area contributed by atoms with Gasteiger partial charge in [-0.2, -0.15) is 4.98 Å². The van der Waals surface area contributed by atoms with Gasteiger partial charge in [-0.05, 0) is 44.4 Å². The Balaban J connectivity index is 1.80. The summed E-state index contributed by atoms with van der Waals surface area (Å²) in [7, 11) is 0. The standard InChI is InChI=1S/C18H25N3O/c1-4-6-15(5-2)11-12-19-13-17-20-18(22-21-17)16-9-7-14(3)8-10-16/h4,7-10,15,19H,1,5-6,11-13H2,2-3H3. The van der Waals surface area contributed by atoms with Crippen molar-refractivity contribution in [3.63, 3.8) is 0 Å².